The largest absolute Gasteiger partial charge is 0.465 e. The smallest absolute Gasteiger partial charge is 0.418 e. The molecule has 0 fully saturated rings. The number of esters is 1. The maximum absolute atomic E-state index is 12.8. The van der Waals surface area contributed by atoms with Gasteiger partial charge in [-0.2, -0.15) is 13.2 Å². The molecular formula is C12H9ClF3NO2. The van der Waals surface area contributed by atoms with E-state index >= 15 is 0 Å². The Morgan fingerprint density at radius 3 is 2.53 bits per heavy atom. The summed E-state index contributed by atoms with van der Waals surface area (Å²) in [6.45, 7) is 1.29. The van der Waals surface area contributed by atoms with Gasteiger partial charge >= 0.3 is 12.1 Å². The van der Waals surface area contributed by atoms with Crippen LogP contribution in [0.4, 0.5) is 13.2 Å². The van der Waals surface area contributed by atoms with Crippen LogP contribution >= 0.6 is 11.6 Å². The van der Waals surface area contributed by atoms with Gasteiger partial charge in [-0.3, -0.25) is 0 Å². The molecule has 0 unspecified atom stereocenters. The van der Waals surface area contributed by atoms with Gasteiger partial charge in [0.2, 0.25) is 0 Å². The maximum atomic E-state index is 12.8. The summed E-state index contributed by atoms with van der Waals surface area (Å²) >= 11 is 5.98. The normalized spacial score (nSPS) is 11.9. The lowest BCUT2D eigenvalue weighted by Crippen LogP contribution is -2.08. The Morgan fingerprint density at radius 2 is 2.00 bits per heavy atom. The Morgan fingerprint density at radius 1 is 1.37 bits per heavy atom. The SMILES string of the molecule is COC(=O)c1ccc2cc(C(F)(F)F)c(C)n2c1Cl. The number of hydrogen-bond donors (Lipinski definition) is 0. The quantitative estimate of drug-likeness (QED) is 0.592. The third-order valence-electron chi connectivity index (χ3n) is 2.83. The minimum Gasteiger partial charge on any atom is -0.465 e. The van der Waals surface area contributed by atoms with E-state index in [0.29, 0.717) is 0 Å². The number of halogens is 4. The number of alkyl halides is 3. The summed E-state index contributed by atoms with van der Waals surface area (Å²) in [7, 11) is 1.17. The van der Waals surface area contributed by atoms with Crippen molar-refractivity contribution in [1.29, 1.82) is 0 Å². The minimum atomic E-state index is -4.47. The fraction of sp³-hybridized carbons (Fsp3) is 0.250. The molecule has 0 bridgehead atoms. The molecular weight excluding hydrogens is 283 g/mol. The second-order valence-corrected chi connectivity index (χ2v) is 4.29. The average Bonchev–Trinajstić information content (AvgIpc) is 2.67. The van der Waals surface area contributed by atoms with Crippen molar-refractivity contribution in [3.63, 3.8) is 0 Å². The zero-order valence-corrected chi connectivity index (χ0v) is 10.8. The van der Waals surface area contributed by atoms with Crippen molar-refractivity contribution in [2.24, 2.45) is 0 Å². The standard InChI is InChI=1S/C12H9ClF3NO2/c1-6-9(12(14,15)16)5-7-3-4-8(11(18)19-2)10(13)17(6)7/h3-5H,1-2H3. The molecule has 3 nitrogen and oxygen atoms in total. The summed E-state index contributed by atoms with van der Waals surface area (Å²) in [6.07, 6.45) is -4.47. The molecule has 0 aliphatic rings. The molecule has 102 valence electrons. The summed E-state index contributed by atoms with van der Waals surface area (Å²) in [5.74, 6) is -0.700. The van der Waals surface area contributed by atoms with Crippen LogP contribution in [-0.4, -0.2) is 17.5 Å². The molecule has 0 radical (unpaired) electrons. The van der Waals surface area contributed by atoms with Gasteiger partial charge in [-0.05, 0) is 25.1 Å². The van der Waals surface area contributed by atoms with Gasteiger partial charge in [0.05, 0.1) is 18.2 Å². The summed E-state index contributed by atoms with van der Waals surface area (Å²) in [5.41, 5.74) is -0.568. The Hall–Kier alpha value is -1.69. The number of carbonyl (C=O) groups excluding carboxylic acids is 1. The Bertz CT molecular complexity index is 661. The maximum Gasteiger partial charge on any atom is 0.418 e. The van der Waals surface area contributed by atoms with Gasteiger partial charge in [0.25, 0.3) is 0 Å². The fourth-order valence-electron chi connectivity index (χ4n) is 1.92. The van der Waals surface area contributed by atoms with Crippen molar-refractivity contribution in [1.82, 2.24) is 4.40 Å². The van der Waals surface area contributed by atoms with Crippen LogP contribution in [0.25, 0.3) is 5.52 Å². The van der Waals surface area contributed by atoms with Crippen molar-refractivity contribution in [2.75, 3.05) is 7.11 Å². The lowest BCUT2D eigenvalue weighted by Gasteiger charge is -2.08. The van der Waals surface area contributed by atoms with Crippen molar-refractivity contribution >= 4 is 23.1 Å². The summed E-state index contributed by atoms with van der Waals surface area (Å²) in [6, 6.07) is 3.71. The highest BCUT2D eigenvalue weighted by molar-refractivity contribution is 6.32. The van der Waals surface area contributed by atoms with Gasteiger partial charge in [-0.15, -0.1) is 0 Å². The fourth-order valence-corrected chi connectivity index (χ4v) is 2.29. The molecule has 0 atom stereocenters. The number of ether oxygens (including phenoxy) is 1. The van der Waals surface area contributed by atoms with E-state index in [1.165, 1.54) is 30.6 Å². The number of rotatable bonds is 1. The highest BCUT2D eigenvalue weighted by Gasteiger charge is 2.35. The van der Waals surface area contributed by atoms with Gasteiger partial charge in [-0.1, -0.05) is 11.6 Å². The molecule has 0 amide bonds. The summed E-state index contributed by atoms with van der Waals surface area (Å²) < 4.78 is 44.1. The van der Waals surface area contributed by atoms with E-state index < -0.39 is 17.7 Å². The number of hydrogen-bond acceptors (Lipinski definition) is 2. The first-order valence-corrected chi connectivity index (χ1v) is 5.61. The molecule has 0 saturated carbocycles. The van der Waals surface area contributed by atoms with Crippen molar-refractivity contribution in [2.45, 2.75) is 13.1 Å². The van der Waals surface area contributed by atoms with Crippen LogP contribution in [0.5, 0.6) is 0 Å². The molecule has 2 heterocycles. The Kier molecular flexibility index (Phi) is 3.22. The van der Waals surface area contributed by atoms with Gasteiger partial charge in [-0.25, -0.2) is 4.79 Å². The first-order chi connectivity index (χ1) is 8.77. The van der Waals surface area contributed by atoms with Crippen molar-refractivity contribution in [3.8, 4) is 0 Å². The second kappa shape index (κ2) is 4.45. The molecule has 0 spiro atoms. The van der Waals surface area contributed by atoms with Gasteiger partial charge < -0.3 is 9.14 Å². The zero-order chi connectivity index (χ0) is 14.4. The number of nitrogens with zero attached hydrogens (tertiary/aromatic N) is 1. The van der Waals surface area contributed by atoms with Crippen LogP contribution in [-0.2, 0) is 10.9 Å². The van der Waals surface area contributed by atoms with Crippen LogP contribution in [0.1, 0.15) is 21.6 Å². The second-order valence-electron chi connectivity index (χ2n) is 3.93. The molecule has 0 aliphatic carbocycles. The number of methoxy groups -OCH3 is 1. The number of aryl methyl sites for hydroxylation is 1. The number of aromatic nitrogens is 1. The summed E-state index contributed by atoms with van der Waals surface area (Å²) in [4.78, 5) is 11.5. The number of pyridine rings is 1. The Balaban J connectivity index is 2.77. The molecule has 7 heteroatoms. The number of carbonyl (C=O) groups is 1. The molecule has 19 heavy (non-hydrogen) atoms. The molecule has 0 aromatic carbocycles. The zero-order valence-electron chi connectivity index (χ0n) is 10.0. The van der Waals surface area contributed by atoms with Crippen molar-refractivity contribution in [3.05, 3.63) is 40.2 Å². The van der Waals surface area contributed by atoms with Crippen LogP contribution in [0, 0.1) is 6.92 Å². The monoisotopic (exact) mass is 291 g/mol. The van der Waals surface area contributed by atoms with Crippen molar-refractivity contribution < 1.29 is 22.7 Å². The predicted octanol–water partition coefficient (Wildman–Crippen LogP) is 3.71. The number of fused-ring (bicyclic) bond motifs is 1. The van der Waals surface area contributed by atoms with E-state index in [9.17, 15) is 18.0 Å². The molecule has 2 rings (SSSR count). The van der Waals surface area contributed by atoms with E-state index in [1.807, 2.05) is 0 Å². The molecule has 2 aromatic rings. The van der Waals surface area contributed by atoms with E-state index in [-0.39, 0.29) is 21.9 Å². The molecule has 0 N–H and O–H groups in total. The van der Waals surface area contributed by atoms with Crippen LogP contribution in [0.15, 0.2) is 18.2 Å². The third-order valence-corrected chi connectivity index (χ3v) is 3.20. The highest BCUT2D eigenvalue weighted by atomic mass is 35.5. The predicted molar refractivity (Wildman–Crippen MR) is 63.5 cm³/mol. The van der Waals surface area contributed by atoms with Crippen LogP contribution < -0.4 is 0 Å². The lowest BCUT2D eigenvalue weighted by molar-refractivity contribution is -0.137. The highest BCUT2D eigenvalue weighted by Crippen LogP contribution is 2.35. The van der Waals surface area contributed by atoms with E-state index in [4.69, 9.17) is 11.6 Å². The van der Waals surface area contributed by atoms with Crippen LogP contribution in [0.3, 0.4) is 0 Å². The Labute approximate surface area is 111 Å². The van der Waals surface area contributed by atoms with Crippen LogP contribution in [0.2, 0.25) is 5.15 Å². The van der Waals surface area contributed by atoms with Gasteiger partial charge in [0.15, 0.2) is 0 Å². The minimum absolute atomic E-state index is 0.0177. The molecule has 2 aromatic heterocycles. The first kappa shape index (κ1) is 13.7. The van der Waals surface area contributed by atoms with E-state index in [0.717, 1.165) is 6.07 Å². The summed E-state index contributed by atoms with van der Waals surface area (Å²) in [5, 5.41) is -0.0997. The van der Waals surface area contributed by atoms with Gasteiger partial charge in [0, 0.05) is 11.2 Å². The van der Waals surface area contributed by atoms with E-state index in [1.54, 1.807) is 0 Å². The average molecular weight is 292 g/mol. The van der Waals surface area contributed by atoms with Gasteiger partial charge in [0.1, 0.15) is 5.15 Å². The van der Waals surface area contributed by atoms with E-state index in [2.05, 4.69) is 4.74 Å². The third kappa shape index (κ3) is 2.16. The topological polar surface area (TPSA) is 30.7 Å². The first-order valence-electron chi connectivity index (χ1n) is 5.23. The molecule has 0 aliphatic heterocycles. The lowest BCUT2D eigenvalue weighted by atomic mass is 10.2. The molecule has 0 saturated heterocycles.